The van der Waals surface area contributed by atoms with E-state index in [0.717, 1.165) is 13.3 Å². The third kappa shape index (κ3) is 21.8. The number of unbranched alkanes of at least 4 members (excludes halogenated alkanes) is 1. The second kappa shape index (κ2) is 25.8. The van der Waals surface area contributed by atoms with Crippen LogP contribution in [-0.2, 0) is 47.9 Å². The third-order valence-corrected chi connectivity index (χ3v) is 7.59. The Morgan fingerprint density at radius 1 is 0.462 bits per heavy atom. The van der Waals surface area contributed by atoms with E-state index in [1.54, 1.807) is 0 Å². The van der Waals surface area contributed by atoms with Gasteiger partial charge in [-0.2, -0.15) is 0 Å². The molecule has 0 aromatic heterocycles. The molecule has 10 N–H and O–H groups in total. The van der Waals surface area contributed by atoms with Crippen molar-refractivity contribution in [3.63, 3.8) is 0 Å². The number of rotatable bonds is 29. The molecule has 0 rings (SSSR count). The number of nitrogens with one attached hydrogen (secondary N) is 6. The van der Waals surface area contributed by atoms with E-state index < -0.39 is 110 Å². The van der Waals surface area contributed by atoms with Crippen molar-refractivity contribution in [3.8, 4) is 0 Å². The van der Waals surface area contributed by atoms with Crippen LogP contribution < -0.4 is 31.9 Å². The number of aliphatic carboxylic acids is 4. The van der Waals surface area contributed by atoms with Crippen molar-refractivity contribution >= 4 is 59.2 Å². The van der Waals surface area contributed by atoms with E-state index in [4.69, 9.17) is 5.11 Å². The van der Waals surface area contributed by atoms with E-state index in [-0.39, 0.29) is 31.1 Å². The molecule has 5 atom stereocenters. The molecule has 0 bridgehead atoms. The van der Waals surface area contributed by atoms with Crippen molar-refractivity contribution < 1.29 is 68.4 Å². The first-order valence-electron chi connectivity index (χ1n) is 16.9. The van der Waals surface area contributed by atoms with Crippen molar-refractivity contribution in [2.45, 2.75) is 128 Å². The summed E-state index contributed by atoms with van der Waals surface area (Å²) in [4.78, 5) is 118. The number of carbonyl (C=O) groups excluding carboxylic acids is 6. The van der Waals surface area contributed by atoms with Gasteiger partial charge in [0, 0.05) is 39.2 Å². The van der Waals surface area contributed by atoms with Crippen LogP contribution in [0.3, 0.4) is 0 Å². The largest absolute Gasteiger partial charge is 0.480 e. The maximum Gasteiger partial charge on any atom is 0.326 e. The minimum atomic E-state index is -1.61. The molecule has 20 heteroatoms. The van der Waals surface area contributed by atoms with Crippen molar-refractivity contribution in [1.29, 1.82) is 0 Å². The quantitative estimate of drug-likeness (QED) is 0.0396. The second-order valence-electron chi connectivity index (χ2n) is 12.1. The van der Waals surface area contributed by atoms with Crippen LogP contribution in [0.4, 0.5) is 0 Å². The molecule has 52 heavy (non-hydrogen) atoms. The molecule has 0 heterocycles. The number of amides is 5. The molecule has 0 saturated carbocycles. The molecule has 0 aliphatic heterocycles. The minimum absolute atomic E-state index is 0.0308. The molecule has 0 aliphatic carbocycles. The summed E-state index contributed by atoms with van der Waals surface area (Å²) in [7, 11) is 0. The van der Waals surface area contributed by atoms with Crippen LogP contribution in [0.5, 0.6) is 0 Å². The van der Waals surface area contributed by atoms with Gasteiger partial charge in [-0.25, -0.2) is 19.2 Å². The zero-order valence-corrected chi connectivity index (χ0v) is 29.7. The van der Waals surface area contributed by atoms with E-state index in [2.05, 4.69) is 31.9 Å². The number of carboxylic acid groups (broad SMARTS) is 4. The van der Waals surface area contributed by atoms with Gasteiger partial charge in [0.2, 0.25) is 29.5 Å². The SMILES string of the molecule is CCCN[C@@H](CCCCNC(=O)CC[C@H](NC(=O)CC[C@H](NC(=O)CC[C@H](NC(=O)CC[C@H](NC(C)=O)C(=O)O)C(=O)O)C(=O)O)C(=O)O)C(C)=O. The highest BCUT2D eigenvalue weighted by atomic mass is 16.4. The Labute approximate surface area is 300 Å². The molecule has 0 aliphatic rings. The van der Waals surface area contributed by atoms with Gasteiger partial charge < -0.3 is 52.3 Å². The van der Waals surface area contributed by atoms with Gasteiger partial charge in [0.1, 0.15) is 30.0 Å². The normalized spacial score (nSPS) is 13.6. The topological polar surface area (TPSA) is 324 Å². The summed E-state index contributed by atoms with van der Waals surface area (Å²) >= 11 is 0. The number of hydrogen-bond donors (Lipinski definition) is 10. The van der Waals surface area contributed by atoms with Crippen molar-refractivity contribution in [3.05, 3.63) is 0 Å². The monoisotopic (exact) mass is 744 g/mol. The highest BCUT2D eigenvalue weighted by molar-refractivity contribution is 5.88. The Balaban J connectivity index is 4.78. The lowest BCUT2D eigenvalue weighted by atomic mass is 10.1. The molecule has 294 valence electrons. The van der Waals surface area contributed by atoms with E-state index in [1.165, 1.54) is 6.92 Å². The number of carbonyl (C=O) groups is 10. The first-order valence-corrected chi connectivity index (χ1v) is 16.9. The maximum absolute atomic E-state index is 12.4. The Hall–Kier alpha value is -5.14. The van der Waals surface area contributed by atoms with E-state index >= 15 is 0 Å². The van der Waals surface area contributed by atoms with Gasteiger partial charge in [0.05, 0.1) is 6.04 Å². The smallest absolute Gasteiger partial charge is 0.326 e. The Morgan fingerprint density at radius 2 is 0.827 bits per heavy atom. The predicted octanol–water partition coefficient (Wildman–Crippen LogP) is -1.35. The fraction of sp³-hybridized carbons (Fsp3) is 0.688. The molecule has 0 aromatic rings. The molecular formula is C32H52N6O14. The molecule has 0 spiro atoms. The molecule has 0 radical (unpaired) electrons. The summed E-state index contributed by atoms with van der Waals surface area (Å²) in [6.07, 6.45) is -0.537. The van der Waals surface area contributed by atoms with Crippen molar-refractivity contribution in [1.82, 2.24) is 31.9 Å². The van der Waals surface area contributed by atoms with Gasteiger partial charge in [-0.15, -0.1) is 0 Å². The lowest BCUT2D eigenvalue weighted by Crippen LogP contribution is -2.45. The zero-order valence-electron chi connectivity index (χ0n) is 29.7. The summed E-state index contributed by atoms with van der Waals surface area (Å²) < 4.78 is 0. The fourth-order valence-electron chi connectivity index (χ4n) is 4.73. The molecular weight excluding hydrogens is 692 g/mol. The summed E-state index contributed by atoms with van der Waals surface area (Å²) in [5, 5.41) is 51.9. The molecule has 0 fully saturated rings. The Bertz CT molecular complexity index is 1280. The second-order valence-corrected chi connectivity index (χ2v) is 12.1. The molecule has 5 amide bonds. The van der Waals surface area contributed by atoms with Crippen molar-refractivity contribution in [2.75, 3.05) is 13.1 Å². The Kier molecular flexibility index (Phi) is 23.2. The highest BCUT2D eigenvalue weighted by Gasteiger charge is 2.27. The number of Topliss-reactive ketones (excluding diaryl/α,β-unsaturated/α-hetero) is 1. The molecule has 20 nitrogen and oxygen atoms in total. The third-order valence-electron chi connectivity index (χ3n) is 7.59. The summed E-state index contributed by atoms with van der Waals surface area (Å²) in [6, 6.07) is -6.30. The molecule has 0 saturated heterocycles. The van der Waals surface area contributed by atoms with Crippen LogP contribution in [0.15, 0.2) is 0 Å². The average Bonchev–Trinajstić information content (AvgIpc) is 3.05. The highest BCUT2D eigenvalue weighted by Crippen LogP contribution is 2.07. The van der Waals surface area contributed by atoms with Crippen molar-refractivity contribution in [2.24, 2.45) is 0 Å². The predicted molar refractivity (Wildman–Crippen MR) is 180 cm³/mol. The lowest BCUT2D eigenvalue weighted by Gasteiger charge is -2.18. The fourth-order valence-corrected chi connectivity index (χ4v) is 4.73. The van der Waals surface area contributed by atoms with Crippen LogP contribution in [0, 0.1) is 0 Å². The molecule has 0 unspecified atom stereocenters. The van der Waals surface area contributed by atoms with E-state index in [0.29, 0.717) is 32.4 Å². The molecule has 0 aromatic carbocycles. The summed E-state index contributed by atoms with van der Waals surface area (Å²) in [6.45, 7) is 5.60. The maximum atomic E-state index is 12.4. The van der Waals surface area contributed by atoms with Crippen LogP contribution in [0.2, 0.25) is 0 Å². The first-order chi connectivity index (χ1) is 24.4. The van der Waals surface area contributed by atoms with Crippen LogP contribution in [-0.4, -0.2) is 123 Å². The lowest BCUT2D eigenvalue weighted by molar-refractivity contribution is -0.144. The first kappa shape index (κ1) is 46.9. The van der Waals surface area contributed by atoms with Gasteiger partial charge >= 0.3 is 23.9 Å². The van der Waals surface area contributed by atoms with Gasteiger partial charge in [0.25, 0.3) is 0 Å². The zero-order chi connectivity index (χ0) is 39.8. The Morgan fingerprint density at radius 3 is 1.15 bits per heavy atom. The van der Waals surface area contributed by atoms with Gasteiger partial charge in [-0.1, -0.05) is 6.92 Å². The summed E-state index contributed by atoms with van der Waals surface area (Å²) in [5.41, 5.74) is 0. The standard InChI is InChI=1S/C32H52N6O14/c1-4-16-33-20(18(2)39)7-5-6-17-34-25(41)12-8-22(30(47)48)36-27(43)14-10-24(32(51)52)38-28(44)15-11-23(31(49)50)37-26(42)13-9-21(29(45)46)35-19(3)40/h20-24,33H,4-17H2,1-3H3,(H,34,41)(H,35,40)(H,36,43)(H,37,42)(H,38,44)(H,45,46)(H,47,48)(H,49,50)(H,51,52)/t20-,21-,22-,23-,24-/m0/s1. The number of carboxylic acids is 4. The van der Waals surface area contributed by atoms with Crippen LogP contribution in [0.1, 0.15) is 97.8 Å². The van der Waals surface area contributed by atoms with Gasteiger partial charge in [-0.3, -0.25) is 28.8 Å². The summed E-state index contributed by atoms with van der Waals surface area (Å²) in [5.74, 6) is -9.60. The van der Waals surface area contributed by atoms with Gasteiger partial charge in [0.15, 0.2) is 0 Å². The number of ketones is 1. The average molecular weight is 745 g/mol. The van der Waals surface area contributed by atoms with Gasteiger partial charge in [-0.05, 0) is 64.8 Å². The van der Waals surface area contributed by atoms with Crippen LogP contribution >= 0.6 is 0 Å². The van der Waals surface area contributed by atoms with Crippen LogP contribution in [0.25, 0.3) is 0 Å². The minimum Gasteiger partial charge on any atom is -0.480 e. The van der Waals surface area contributed by atoms with E-state index in [1.807, 2.05) is 6.92 Å². The number of hydrogen-bond acceptors (Lipinski definition) is 11. The van der Waals surface area contributed by atoms with E-state index in [9.17, 15) is 63.3 Å².